The van der Waals surface area contributed by atoms with Crippen molar-refractivity contribution in [2.45, 2.75) is 0 Å². The van der Waals surface area contributed by atoms with Crippen LogP contribution in [0.4, 0.5) is 0 Å². The van der Waals surface area contributed by atoms with Crippen molar-refractivity contribution in [2.24, 2.45) is 0 Å². The highest BCUT2D eigenvalue weighted by molar-refractivity contribution is 6.30. The average Bonchev–Trinajstić information content (AvgIpc) is 2.48. The maximum absolute atomic E-state index is 11.4. The van der Waals surface area contributed by atoms with Crippen LogP contribution < -0.4 is 4.74 Å². The fourth-order valence-corrected chi connectivity index (χ4v) is 2.13. The molecule has 5 heteroatoms. The first-order valence-corrected chi connectivity index (χ1v) is 6.58. The van der Waals surface area contributed by atoms with Gasteiger partial charge in [0, 0.05) is 16.5 Å². The number of fused-ring (bicyclic) bond motifs is 1. The van der Waals surface area contributed by atoms with E-state index in [0.717, 1.165) is 0 Å². The van der Waals surface area contributed by atoms with E-state index in [-0.39, 0.29) is 11.4 Å². The lowest BCUT2D eigenvalue weighted by Crippen LogP contribution is -2.00. The number of halogens is 1. The number of rotatable bonds is 3. The lowest BCUT2D eigenvalue weighted by molar-refractivity contribution is 0.0698. The highest BCUT2D eigenvalue weighted by Crippen LogP contribution is 2.26. The molecular formula is C16H10ClNO3. The first-order valence-electron chi connectivity index (χ1n) is 6.20. The molecule has 2 aromatic carbocycles. The molecule has 104 valence electrons. The molecular weight excluding hydrogens is 290 g/mol. The number of hydrogen-bond donors (Lipinski definition) is 1. The maximum Gasteiger partial charge on any atom is 0.336 e. The topological polar surface area (TPSA) is 59.4 Å². The van der Waals surface area contributed by atoms with Gasteiger partial charge in [-0.3, -0.25) is 0 Å². The van der Waals surface area contributed by atoms with Crippen molar-refractivity contribution >= 4 is 28.5 Å². The van der Waals surface area contributed by atoms with Crippen molar-refractivity contribution in [3.8, 4) is 11.6 Å². The highest BCUT2D eigenvalue weighted by Gasteiger charge is 2.12. The van der Waals surface area contributed by atoms with Gasteiger partial charge < -0.3 is 9.84 Å². The van der Waals surface area contributed by atoms with Gasteiger partial charge in [0.25, 0.3) is 0 Å². The summed E-state index contributed by atoms with van der Waals surface area (Å²) in [5.41, 5.74) is 0.728. The summed E-state index contributed by atoms with van der Waals surface area (Å²) >= 11 is 5.81. The Morgan fingerprint density at radius 2 is 1.81 bits per heavy atom. The molecule has 3 rings (SSSR count). The largest absolute Gasteiger partial charge is 0.478 e. The van der Waals surface area contributed by atoms with Crippen LogP contribution in [-0.4, -0.2) is 16.1 Å². The molecule has 0 aliphatic heterocycles. The Kier molecular flexibility index (Phi) is 3.46. The predicted octanol–water partition coefficient (Wildman–Crippen LogP) is 4.38. The Morgan fingerprint density at radius 1 is 1.10 bits per heavy atom. The quantitative estimate of drug-likeness (QED) is 0.779. The van der Waals surface area contributed by atoms with Gasteiger partial charge in [0.2, 0.25) is 5.88 Å². The van der Waals surface area contributed by atoms with Gasteiger partial charge in [0.15, 0.2) is 0 Å². The third kappa shape index (κ3) is 2.80. The van der Waals surface area contributed by atoms with Gasteiger partial charge in [-0.2, -0.15) is 0 Å². The third-order valence-corrected chi connectivity index (χ3v) is 3.21. The number of carboxylic acid groups (broad SMARTS) is 1. The molecule has 0 amide bonds. The molecule has 0 aliphatic rings. The number of pyridine rings is 1. The van der Waals surface area contributed by atoms with Gasteiger partial charge in [-0.25, -0.2) is 9.78 Å². The van der Waals surface area contributed by atoms with E-state index < -0.39 is 5.97 Å². The molecule has 0 fully saturated rings. The van der Waals surface area contributed by atoms with Crippen molar-refractivity contribution in [1.82, 2.24) is 4.98 Å². The first kappa shape index (κ1) is 13.4. The fourth-order valence-electron chi connectivity index (χ4n) is 2.00. The minimum atomic E-state index is -1.02. The van der Waals surface area contributed by atoms with E-state index in [1.807, 2.05) is 0 Å². The van der Waals surface area contributed by atoms with Crippen LogP contribution in [0.25, 0.3) is 10.9 Å². The summed E-state index contributed by atoms with van der Waals surface area (Å²) in [6, 6.07) is 15.2. The van der Waals surface area contributed by atoms with Gasteiger partial charge in [-0.1, -0.05) is 29.8 Å². The van der Waals surface area contributed by atoms with Crippen molar-refractivity contribution in [2.75, 3.05) is 0 Å². The van der Waals surface area contributed by atoms with E-state index in [1.54, 1.807) is 48.5 Å². The fraction of sp³-hybridized carbons (Fsp3) is 0. The summed E-state index contributed by atoms with van der Waals surface area (Å²) in [6.07, 6.45) is 0. The summed E-state index contributed by atoms with van der Waals surface area (Å²) in [6.45, 7) is 0. The molecule has 0 unspecified atom stereocenters. The Bertz CT molecular complexity index is 815. The zero-order valence-corrected chi connectivity index (χ0v) is 11.5. The number of para-hydroxylation sites is 1. The Labute approximate surface area is 125 Å². The van der Waals surface area contributed by atoms with Gasteiger partial charge in [-0.15, -0.1) is 0 Å². The van der Waals surface area contributed by atoms with Crippen LogP contribution in [0.2, 0.25) is 5.02 Å². The molecule has 4 nitrogen and oxygen atoms in total. The Hall–Kier alpha value is -2.59. The van der Waals surface area contributed by atoms with Crippen LogP contribution in [0, 0.1) is 0 Å². The summed E-state index contributed by atoms with van der Waals surface area (Å²) < 4.78 is 5.60. The minimum Gasteiger partial charge on any atom is -0.478 e. The van der Waals surface area contributed by atoms with Crippen molar-refractivity contribution < 1.29 is 14.6 Å². The summed E-state index contributed by atoms with van der Waals surface area (Å²) in [7, 11) is 0. The molecule has 0 aliphatic carbocycles. The first-order chi connectivity index (χ1) is 10.1. The van der Waals surface area contributed by atoms with Crippen LogP contribution >= 0.6 is 11.6 Å². The molecule has 21 heavy (non-hydrogen) atoms. The number of benzene rings is 2. The van der Waals surface area contributed by atoms with Crippen molar-refractivity contribution in [3.05, 3.63) is 65.2 Å². The van der Waals surface area contributed by atoms with Crippen molar-refractivity contribution in [3.63, 3.8) is 0 Å². The number of carboxylic acids is 1. The molecule has 0 saturated heterocycles. The van der Waals surface area contributed by atoms with Gasteiger partial charge in [0.05, 0.1) is 11.1 Å². The molecule has 1 aromatic heterocycles. The zero-order valence-electron chi connectivity index (χ0n) is 10.8. The van der Waals surface area contributed by atoms with E-state index in [2.05, 4.69) is 4.98 Å². The normalized spacial score (nSPS) is 10.5. The number of aromatic nitrogens is 1. The number of aromatic carboxylic acids is 1. The second-order valence-corrected chi connectivity index (χ2v) is 4.82. The summed E-state index contributed by atoms with van der Waals surface area (Å²) in [5, 5.41) is 10.5. The number of ether oxygens (including phenoxy) is 1. The van der Waals surface area contributed by atoms with E-state index in [0.29, 0.717) is 21.7 Å². The molecule has 1 heterocycles. The van der Waals surface area contributed by atoms with E-state index in [4.69, 9.17) is 16.3 Å². The van der Waals surface area contributed by atoms with E-state index in [1.165, 1.54) is 6.07 Å². The zero-order chi connectivity index (χ0) is 14.8. The number of nitrogens with zero attached hydrogens (tertiary/aromatic N) is 1. The average molecular weight is 300 g/mol. The molecule has 0 radical (unpaired) electrons. The van der Waals surface area contributed by atoms with Gasteiger partial charge >= 0.3 is 5.97 Å². The number of hydrogen-bond acceptors (Lipinski definition) is 3. The lowest BCUT2D eigenvalue weighted by Gasteiger charge is -2.08. The maximum atomic E-state index is 11.4. The van der Waals surface area contributed by atoms with Crippen LogP contribution in [-0.2, 0) is 0 Å². The van der Waals surface area contributed by atoms with Crippen LogP contribution in [0.1, 0.15) is 10.4 Å². The second-order valence-electron chi connectivity index (χ2n) is 4.39. The molecule has 0 saturated carbocycles. The van der Waals surface area contributed by atoms with Crippen molar-refractivity contribution in [1.29, 1.82) is 0 Å². The highest BCUT2D eigenvalue weighted by atomic mass is 35.5. The SMILES string of the molecule is O=C(O)c1cc(Oc2ccc(Cl)cc2)nc2ccccc12. The lowest BCUT2D eigenvalue weighted by atomic mass is 10.1. The Morgan fingerprint density at radius 3 is 2.52 bits per heavy atom. The molecule has 3 aromatic rings. The molecule has 0 spiro atoms. The third-order valence-electron chi connectivity index (χ3n) is 2.96. The van der Waals surface area contributed by atoms with Gasteiger partial charge in [0.1, 0.15) is 5.75 Å². The van der Waals surface area contributed by atoms with Gasteiger partial charge in [-0.05, 0) is 30.3 Å². The molecule has 1 N–H and O–H groups in total. The molecule has 0 bridgehead atoms. The monoisotopic (exact) mass is 299 g/mol. The smallest absolute Gasteiger partial charge is 0.336 e. The van der Waals surface area contributed by atoms with Crippen LogP contribution in [0.5, 0.6) is 11.6 Å². The minimum absolute atomic E-state index is 0.157. The van der Waals surface area contributed by atoms with E-state index in [9.17, 15) is 9.90 Å². The Balaban J connectivity index is 2.06. The predicted molar refractivity (Wildman–Crippen MR) is 80.2 cm³/mol. The molecule has 0 atom stereocenters. The summed E-state index contributed by atoms with van der Waals surface area (Å²) in [5.74, 6) is -0.249. The van der Waals surface area contributed by atoms with E-state index >= 15 is 0 Å². The van der Waals surface area contributed by atoms with Crippen LogP contribution in [0.15, 0.2) is 54.6 Å². The van der Waals surface area contributed by atoms with Crippen LogP contribution in [0.3, 0.4) is 0 Å². The summed E-state index contributed by atoms with van der Waals surface area (Å²) in [4.78, 5) is 15.7. The standard InChI is InChI=1S/C16H10ClNO3/c17-10-5-7-11(8-6-10)21-15-9-13(16(19)20)12-3-1-2-4-14(12)18-15/h1-9H,(H,19,20). The number of carbonyl (C=O) groups is 1. The second kappa shape index (κ2) is 5.42.